The number of rotatable bonds is 4. The number of aromatic nitrogens is 2. The Morgan fingerprint density at radius 3 is 2.96 bits per heavy atom. The standard InChI is InChI=1S/C17H13BrFN3O3/c1-10-3-2-6-22-15(10)20-8-13(17(22)24)16(23)21-25-9-11-4-5-12(19)7-14(11)18/h2-8H,9H2,1H3,(H,21,23). The predicted molar refractivity (Wildman–Crippen MR) is 92.6 cm³/mol. The molecule has 0 aliphatic carbocycles. The molecule has 2 aromatic heterocycles. The van der Waals surface area contributed by atoms with Gasteiger partial charge in [-0.2, -0.15) is 0 Å². The SMILES string of the molecule is Cc1cccn2c(=O)c(C(=O)NOCc3ccc(F)cc3Br)cnc12. The van der Waals surface area contributed by atoms with Gasteiger partial charge in [0.15, 0.2) is 0 Å². The Morgan fingerprint density at radius 2 is 2.20 bits per heavy atom. The van der Waals surface area contributed by atoms with Crippen LogP contribution in [0.4, 0.5) is 4.39 Å². The van der Waals surface area contributed by atoms with Gasteiger partial charge in [0.25, 0.3) is 11.5 Å². The Morgan fingerprint density at radius 1 is 1.40 bits per heavy atom. The zero-order valence-electron chi connectivity index (χ0n) is 13.1. The van der Waals surface area contributed by atoms with Gasteiger partial charge in [0, 0.05) is 16.9 Å². The molecule has 1 amide bonds. The quantitative estimate of drug-likeness (QED) is 0.677. The van der Waals surface area contributed by atoms with Crippen molar-refractivity contribution in [2.24, 2.45) is 0 Å². The highest BCUT2D eigenvalue weighted by Crippen LogP contribution is 2.18. The third kappa shape index (κ3) is 3.59. The van der Waals surface area contributed by atoms with Crippen molar-refractivity contribution in [2.75, 3.05) is 0 Å². The first-order valence-electron chi connectivity index (χ1n) is 7.30. The fourth-order valence-corrected chi connectivity index (χ4v) is 2.74. The van der Waals surface area contributed by atoms with E-state index in [0.29, 0.717) is 15.7 Å². The van der Waals surface area contributed by atoms with Crippen LogP contribution in [0.5, 0.6) is 0 Å². The van der Waals surface area contributed by atoms with Crippen LogP contribution in [0.3, 0.4) is 0 Å². The van der Waals surface area contributed by atoms with E-state index >= 15 is 0 Å². The molecule has 3 aromatic rings. The summed E-state index contributed by atoms with van der Waals surface area (Å²) in [4.78, 5) is 33.8. The van der Waals surface area contributed by atoms with E-state index in [1.54, 1.807) is 12.3 Å². The molecule has 0 radical (unpaired) electrons. The fraction of sp³-hybridized carbons (Fsp3) is 0.118. The van der Waals surface area contributed by atoms with Gasteiger partial charge in [-0.25, -0.2) is 14.9 Å². The smallest absolute Gasteiger partial charge is 0.269 e. The number of hydrogen-bond acceptors (Lipinski definition) is 4. The minimum absolute atomic E-state index is 0.00799. The van der Waals surface area contributed by atoms with E-state index in [-0.39, 0.29) is 18.0 Å². The number of nitrogens with zero attached hydrogens (tertiary/aromatic N) is 2. The molecule has 0 aliphatic rings. The van der Waals surface area contributed by atoms with Crippen LogP contribution in [0.1, 0.15) is 21.5 Å². The number of carbonyl (C=O) groups excluding carboxylic acids is 1. The Hall–Kier alpha value is -2.58. The zero-order valence-corrected chi connectivity index (χ0v) is 14.7. The van der Waals surface area contributed by atoms with Crippen molar-refractivity contribution in [3.63, 3.8) is 0 Å². The van der Waals surface area contributed by atoms with Gasteiger partial charge in [0.1, 0.15) is 23.6 Å². The number of hydroxylamine groups is 1. The number of halogens is 2. The summed E-state index contributed by atoms with van der Waals surface area (Å²) >= 11 is 3.21. The summed E-state index contributed by atoms with van der Waals surface area (Å²) in [7, 11) is 0. The lowest BCUT2D eigenvalue weighted by Crippen LogP contribution is -2.31. The van der Waals surface area contributed by atoms with E-state index in [1.165, 1.54) is 28.8 Å². The first-order chi connectivity index (χ1) is 12.0. The molecule has 0 spiro atoms. The van der Waals surface area contributed by atoms with E-state index in [4.69, 9.17) is 4.84 Å². The summed E-state index contributed by atoms with van der Waals surface area (Å²) in [5.74, 6) is -1.09. The van der Waals surface area contributed by atoms with E-state index in [9.17, 15) is 14.0 Å². The average Bonchev–Trinajstić information content (AvgIpc) is 2.58. The molecule has 0 fully saturated rings. The largest absolute Gasteiger partial charge is 0.282 e. The van der Waals surface area contributed by atoms with Crippen LogP contribution in [0.2, 0.25) is 0 Å². The van der Waals surface area contributed by atoms with E-state index < -0.39 is 11.5 Å². The minimum atomic E-state index is -0.702. The molecule has 2 heterocycles. The molecule has 0 saturated carbocycles. The van der Waals surface area contributed by atoms with Crippen LogP contribution in [0.25, 0.3) is 5.65 Å². The second-order valence-corrected chi connectivity index (χ2v) is 6.17. The number of nitrogens with one attached hydrogen (secondary N) is 1. The predicted octanol–water partition coefficient (Wildman–Crippen LogP) is 2.77. The summed E-state index contributed by atoms with van der Waals surface area (Å²) in [6.07, 6.45) is 2.77. The number of aryl methyl sites for hydroxylation is 1. The van der Waals surface area contributed by atoms with E-state index in [2.05, 4.69) is 26.4 Å². The molecule has 1 N–H and O–H groups in total. The average molecular weight is 406 g/mol. The van der Waals surface area contributed by atoms with Gasteiger partial charge in [-0.3, -0.25) is 18.8 Å². The summed E-state index contributed by atoms with van der Waals surface area (Å²) in [5, 5.41) is 0. The maximum Gasteiger partial charge on any atom is 0.282 e. The van der Waals surface area contributed by atoms with Crippen molar-refractivity contribution in [1.29, 1.82) is 0 Å². The van der Waals surface area contributed by atoms with Crippen LogP contribution in [0, 0.1) is 12.7 Å². The molecule has 0 bridgehead atoms. The summed E-state index contributed by atoms with van der Waals surface area (Å²) in [5.41, 5.74) is 3.53. The van der Waals surface area contributed by atoms with Crippen LogP contribution < -0.4 is 11.0 Å². The monoisotopic (exact) mass is 405 g/mol. The third-order valence-corrected chi connectivity index (χ3v) is 4.32. The Bertz CT molecular complexity index is 1020. The molecule has 0 atom stereocenters. The maximum atomic E-state index is 13.0. The first-order valence-corrected chi connectivity index (χ1v) is 8.09. The molecule has 0 saturated heterocycles. The lowest BCUT2D eigenvalue weighted by atomic mass is 10.2. The maximum absolute atomic E-state index is 13.0. The molecular formula is C17H13BrFN3O3. The van der Waals surface area contributed by atoms with Crippen molar-refractivity contribution >= 4 is 27.5 Å². The van der Waals surface area contributed by atoms with Gasteiger partial charge >= 0.3 is 0 Å². The third-order valence-electron chi connectivity index (χ3n) is 3.58. The lowest BCUT2D eigenvalue weighted by molar-refractivity contribution is 0.0229. The van der Waals surface area contributed by atoms with Crippen molar-refractivity contribution in [2.45, 2.75) is 13.5 Å². The second kappa shape index (κ2) is 7.12. The molecule has 6 nitrogen and oxygen atoms in total. The van der Waals surface area contributed by atoms with E-state index in [0.717, 1.165) is 5.56 Å². The molecule has 0 unspecified atom stereocenters. The highest BCUT2D eigenvalue weighted by Gasteiger charge is 2.14. The van der Waals surface area contributed by atoms with Crippen molar-refractivity contribution < 1.29 is 14.0 Å². The van der Waals surface area contributed by atoms with Gasteiger partial charge in [-0.1, -0.05) is 28.1 Å². The Balaban J connectivity index is 1.74. The van der Waals surface area contributed by atoms with Gasteiger partial charge in [0.2, 0.25) is 0 Å². The van der Waals surface area contributed by atoms with Gasteiger partial charge in [-0.05, 0) is 36.2 Å². The van der Waals surface area contributed by atoms with Crippen LogP contribution in [0.15, 0.2) is 52.0 Å². The lowest BCUT2D eigenvalue weighted by Gasteiger charge is -2.08. The van der Waals surface area contributed by atoms with Crippen LogP contribution in [-0.4, -0.2) is 15.3 Å². The summed E-state index contributed by atoms with van der Waals surface area (Å²) in [6, 6.07) is 7.64. The Kier molecular flexibility index (Phi) is 4.91. The normalized spacial score (nSPS) is 10.8. The number of hydrogen-bond donors (Lipinski definition) is 1. The van der Waals surface area contributed by atoms with Gasteiger partial charge in [-0.15, -0.1) is 0 Å². The van der Waals surface area contributed by atoms with Crippen LogP contribution >= 0.6 is 15.9 Å². The minimum Gasteiger partial charge on any atom is -0.269 e. The molecule has 8 heteroatoms. The highest BCUT2D eigenvalue weighted by molar-refractivity contribution is 9.10. The fourth-order valence-electron chi connectivity index (χ4n) is 2.28. The number of carbonyl (C=O) groups is 1. The Labute approximate surface area is 150 Å². The van der Waals surface area contributed by atoms with Crippen molar-refractivity contribution in [3.8, 4) is 0 Å². The molecule has 3 rings (SSSR count). The summed E-state index contributed by atoms with van der Waals surface area (Å²) in [6.45, 7) is 1.83. The zero-order chi connectivity index (χ0) is 18.0. The first kappa shape index (κ1) is 17.2. The highest BCUT2D eigenvalue weighted by atomic mass is 79.9. The topological polar surface area (TPSA) is 72.7 Å². The molecule has 25 heavy (non-hydrogen) atoms. The summed E-state index contributed by atoms with van der Waals surface area (Å²) < 4.78 is 14.9. The van der Waals surface area contributed by atoms with Gasteiger partial charge in [0.05, 0.1) is 0 Å². The number of fused-ring (bicyclic) bond motifs is 1. The van der Waals surface area contributed by atoms with E-state index in [1.807, 2.05) is 13.0 Å². The molecule has 0 aliphatic heterocycles. The second-order valence-electron chi connectivity index (χ2n) is 5.32. The van der Waals surface area contributed by atoms with Gasteiger partial charge < -0.3 is 0 Å². The molecule has 128 valence electrons. The number of pyridine rings is 1. The van der Waals surface area contributed by atoms with Crippen LogP contribution in [-0.2, 0) is 11.4 Å². The number of amides is 1. The van der Waals surface area contributed by atoms with Crippen molar-refractivity contribution in [3.05, 3.63) is 80.1 Å². The van der Waals surface area contributed by atoms with Crippen molar-refractivity contribution in [1.82, 2.24) is 14.9 Å². The molecule has 1 aromatic carbocycles. The molecular weight excluding hydrogens is 393 g/mol. The number of benzene rings is 1.